The van der Waals surface area contributed by atoms with E-state index in [2.05, 4.69) is 17.2 Å². The number of carboxylic acid groups (broad SMARTS) is 1. The fourth-order valence-corrected chi connectivity index (χ4v) is 1.71. The summed E-state index contributed by atoms with van der Waals surface area (Å²) >= 11 is 0. The quantitative estimate of drug-likeness (QED) is 0.670. The van der Waals surface area contributed by atoms with E-state index in [9.17, 15) is 9.59 Å². The van der Waals surface area contributed by atoms with Gasteiger partial charge in [0.15, 0.2) is 0 Å². The zero-order valence-electron chi connectivity index (χ0n) is 11.6. The Labute approximate surface area is 118 Å². The lowest BCUT2D eigenvalue weighted by atomic mass is 10.1. The SMILES string of the molecule is C=CCC(CC)NC(=O)NCc1ccc(C(=O)O)cc1. The molecule has 20 heavy (non-hydrogen) atoms. The van der Waals surface area contributed by atoms with Crippen molar-refractivity contribution in [2.45, 2.75) is 32.4 Å². The third kappa shape index (κ3) is 5.14. The average molecular weight is 276 g/mol. The van der Waals surface area contributed by atoms with Crippen LogP contribution in [0.5, 0.6) is 0 Å². The first-order valence-corrected chi connectivity index (χ1v) is 6.54. The summed E-state index contributed by atoms with van der Waals surface area (Å²) in [4.78, 5) is 22.4. The number of hydrogen-bond acceptors (Lipinski definition) is 2. The number of urea groups is 1. The minimum Gasteiger partial charge on any atom is -0.478 e. The van der Waals surface area contributed by atoms with Crippen LogP contribution in [0.3, 0.4) is 0 Å². The zero-order valence-corrected chi connectivity index (χ0v) is 11.6. The maximum atomic E-state index is 11.7. The zero-order chi connectivity index (χ0) is 15.0. The molecule has 0 bridgehead atoms. The molecule has 0 radical (unpaired) electrons. The van der Waals surface area contributed by atoms with Gasteiger partial charge < -0.3 is 15.7 Å². The Hall–Kier alpha value is -2.30. The van der Waals surface area contributed by atoms with Crippen molar-refractivity contribution < 1.29 is 14.7 Å². The number of carbonyl (C=O) groups is 2. The Morgan fingerprint density at radius 1 is 1.35 bits per heavy atom. The Kier molecular flexibility index (Phi) is 6.29. The van der Waals surface area contributed by atoms with Crippen LogP contribution in [0.25, 0.3) is 0 Å². The van der Waals surface area contributed by atoms with Gasteiger partial charge in [-0.25, -0.2) is 9.59 Å². The highest BCUT2D eigenvalue weighted by Crippen LogP contribution is 2.04. The molecule has 1 unspecified atom stereocenters. The monoisotopic (exact) mass is 276 g/mol. The molecule has 0 fully saturated rings. The molecular weight excluding hydrogens is 256 g/mol. The minimum atomic E-state index is -0.961. The summed E-state index contributed by atoms with van der Waals surface area (Å²) in [5, 5.41) is 14.4. The summed E-state index contributed by atoms with van der Waals surface area (Å²) in [7, 11) is 0. The predicted molar refractivity (Wildman–Crippen MR) is 77.7 cm³/mol. The Morgan fingerprint density at radius 2 is 2.00 bits per heavy atom. The van der Waals surface area contributed by atoms with Crippen LogP contribution in [0.15, 0.2) is 36.9 Å². The first-order chi connectivity index (χ1) is 9.56. The third-order valence-corrected chi connectivity index (χ3v) is 2.93. The minimum absolute atomic E-state index is 0.0851. The van der Waals surface area contributed by atoms with E-state index in [4.69, 9.17) is 5.11 Å². The maximum Gasteiger partial charge on any atom is 0.335 e. The summed E-state index contributed by atoms with van der Waals surface area (Å²) in [6.07, 6.45) is 3.35. The molecule has 0 aliphatic rings. The van der Waals surface area contributed by atoms with E-state index >= 15 is 0 Å². The number of benzene rings is 1. The lowest BCUT2D eigenvalue weighted by molar-refractivity contribution is 0.0697. The fourth-order valence-electron chi connectivity index (χ4n) is 1.71. The van der Waals surface area contributed by atoms with E-state index in [0.717, 1.165) is 18.4 Å². The van der Waals surface area contributed by atoms with E-state index in [1.165, 1.54) is 12.1 Å². The smallest absolute Gasteiger partial charge is 0.335 e. The second-order valence-electron chi connectivity index (χ2n) is 4.46. The van der Waals surface area contributed by atoms with Crippen molar-refractivity contribution in [2.24, 2.45) is 0 Å². The lowest BCUT2D eigenvalue weighted by Gasteiger charge is -2.15. The molecule has 5 heteroatoms. The summed E-state index contributed by atoms with van der Waals surface area (Å²) in [6, 6.07) is 6.26. The van der Waals surface area contributed by atoms with Gasteiger partial charge in [0.05, 0.1) is 5.56 Å². The van der Waals surface area contributed by atoms with Crippen LogP contribution in [-0.2, 0) is 6.54 Å². The van der Waals surface area contributed by atoms with Crippen LogP contribution in [-0.4, -0.2) is 23.1 Å². The van der Waals surface area contributed by atoms with Crippen LogP contribution < -0.4 is 10.6 Å². The van der Waals surface area contributed by atoms with Crippen molar-refractivity contribution >= 4 is 12.0 Å². The van der Waals surface area contributed by atoms with Gasteiger partial charge in [-0.05, 0) is 30.5 Å². The highest BCUT2D eigenvalue weighted by atomic mass is 16.4. The van der Waals surface area contributed by atoms with Crippen molar-refractivity contribution in [3.63, 3.8) is 0 Å². The van der Waals surface area contributed by atoms with Crippen LogP contribution in [0.4, 0.5) is 4.79 Å². The van der Waals surface area contributed by atoms with Crippen LogP contribution in [0.2, 0.25) is 0 Å². The molecule has 0 heterocycles. The van der Waals surface area contributed by atoms with E-state index in [0.29, 0.717) is 6.54 Å². The fraction of sp³-hybridized carbons (Fsp3) is 0.333. The molecule has 0 aliphatic heterocycles. The largest absolute Gasteiger partial charge is 0.478 e. The molecule has 3 N–H and O–H groups in total. The predicted octanol–water partition coefficient (Wildman–Crippen LogP) is 2.54. The number of hydrogen-bond donors (Lipinski definition) is 3. The Morgan fingerprint density at radius 3 is 2.50 bits per heavy atom. The topological polar surface area (TPSA) is 78.4 Å². The summed E-state index contributed by atoms with van der Waals surface area (Å²) in [5.41, 5.74) is 1.08. The first kappa shape index (κ1) is 15.8. The van der Waals surface area contributed by atoms with Crippen LogP contribution in [0.1, 0.15) is 35.7 Å². The van der Waals surface area contributed by atoms with Gasteiger partial charge in [0.2, 0.25) is 0 Å². The van der Waals surface area contributed by atoms with E-state index in [1.807, 2.05) is 6.92 Å². The molecule has 0 saturated carbocycles. The molecule has 1 rings (SSSR count). The average Bonchev–Trinajstić information content (AvgIpc) is 2.45. The third-order valence-electron chi connectivity index (χ3n) is 2.93. The van der Waals surface area contributed by atoms with Gasteiger partial charge in [-0.3, -0.25) is 0 Å². The number of rotatable bonds is 7. The second kappa shape index (κ2) is 7.99. The number of carbonyl (C=O) groups excluding carboxylic acids is 1. The lowest BCUT2D eigenvalue weighted by Crippen LogP contribution is -2.41. The van der Waals surface area contributed by atoms with Gasteiger partial charge in [-0.15, -0.1) is 6.58 Å². The Balaban J connectivity index is 2.44. The van der Waals surface area contributed by atoms with Crippen LogP contribution in [0, 0.1) is 0 Å². The van der Waals surface area contributed by atoms with E-state index < -0.39 is 5.97 Å². The normalized spacial score (nSPS) is 11.4. The highest BCUT2D eigenvalue weighted by molar-refractivity contribution is 5.87. The van der Waals surface area contributed by atoms with Crippen molar-refractivity contribution in [3.05, 3.63) is 48.0 Å². The molecule has 0 aromatic heterocycles. The van der Waals surface area contributed by atoms with Gasteiger partial charge in [-0.1, -0.05) is 25.1 Å². The van der Waals surface area contributed by atoms with Crippen molar-refractivity contribution in [2.75, 3.05) is 0 Å². The van der Waals surface area contributed by atoms with E-state index in [-0.39, 0.29) is 17.6 Å². The molecule has 0 spiro atoms. The summed E-state index contributed by atoms with van der Waals surface area (Å²) in [5.74, 6) is -0.961. The number of carboxylic acids is 1. The molecule has 1 aromatic rings. The number of aromatic carboxylic acids is 1. The summed E-state index contributed by atoms with van der Waals surface area (Å²) < 4.78 is 0. The highest BCUT2D eigenvalue weighted by Gasteiger charge is 2.08. The van der Waals surface area contributed by atoms with Gasteiger partial charge >= 0.3 is 12.0 Å². The summed E-state index contributed by atoms with van der Waals surface area (Å²) in [6.45, 7) is 6.01. The van der Waals surface area contributed by atoms with Crippen molar-refractivity contribution in [1.82, 2.24) is 10.6 Å². The number of nitrogens with one attached hydrogen (secondary N) is 2. The molecule has 1 aromatic carbocycles. The molecule has 2 amide bonds. The molecule has 108 valence electrons. The van der Waals surface area contributed by atoms with Crippen LogP contribution >= 0.6 is 0 Å². The van der Waals surface area contributed by atoms with Gasteiger partial charge in [-0.2, -0.15) is 0 Å². The van der Waals surface area contributed by atoms with Crippen molar-refractivity contribution in [1.29, 1.82) is 0 Å². The molecule has 1 atom stereocenters. The van der Waals surface area contributed by atoms with Gasteiger partial charge in [0.25, 0.3) is 0 Å². The number of amides is 2. The Bertz CT molecular complexity index is 469. The van der Waals surface area contributed by atoms with Crippen molar-refractivity contribution in [3.8, 4) is 0 Å². The molecular formula is C15H20N2O3. The van der Waals surface area contributed by atoms with E-state index in [1.54, 1.807) is 18.2 Å². The maximum absolute atomic E-state index is 11.7. The van der Waals surface area contributed by atoms with Gasteiger partial charge in [0, 0.05) is 12.6 Å². The standard InChI is InChI=1S/C15H20N2O3/c1-3-5-13(4-2)17-15(20)16-10-11-6-8-12(9-7-11)14(18)19/h3,6-9,13H,1,4-5,10H2,2H3,(H,18,19)(H2,16,17,20). The molecule has 0 aliphatic carbocycles. The molecule has 0 saturated heterocycles. The first-order valence-electron chi connectivity index (χ1n) is 6.54. The van der Waals surface area contributed by atoms with Gasteiger partial charge in [0.1, 0.15) is 0 Å². The molecule has 5 nitrogen and oxygen atoms in total. The second-order valence-corrected chi connectivity index (χ2v) is 4.46.